The average Bonchev–Trinajstić information content (AvgIpc) is 2.99. The van der Waals surface area contributed by atoms with Gasteiger partial charge in [-0.15, -0.1) is 0 Å². The summed E-state index contributed by atoms with van der Waals surface area (Å²) in [6.07, 6.45) is 3.98. The molecule has 0 spiro atoms. The lowest BCUT2D eigenvalue weighted by molar-refractivity contribution is 0.0526. The molecule has 1 unspecified atom stereocenters. The summed E-state index contributed by atoms with van der Waals surface area (Å²) >= 11 is 6.28. The number of ether oxygens (including phenoxy) is 2. The molecule has 1 aliphatic rings. The van der Waals surface area contributed by atoms with Crippen molar-refractivity contribution in [3.63, 3.8) is 0 Å². The van der Waals surface area contributed by atoms with E-state index in [1.165, 1.54) is 5.56 Å². The summed E-state index contributed by atoms with van der Waals surface area (Å²) in [5.41, 5.74) is 2.83. The summed E-state index contributed by atoms with van der Waals surface area (Å²) in [7, 11) is 0. The molecule has 0 fully saturated rings. The molecular weight excluding hydrogens is 324 g/mol. The Kier molecular flexibility index (Phi) is 5.41. The predicted octanol–water partition coefficient (Wildman–Crippen LogP) is 4.84. The summed E-state index contributed by atoms with van der Waals surface area (Å²) < 4.78 is 11.0. The van der Waals surface area contributed by atoms with E-state index in [2.05, 4.69) is 24.3 Å². The fraction of sp³-hybridized carbons (Fsp3) is 0.350. The summed E-state index contributed by atoms with van der Waals surface area (Å²) in [5.74, 6) is 0.379. The minimum atomic E-state index is -0.338. The van der Waals surface area contributed by atoms with Crippen LogP contribution in [0.15, 0.2) is 42.5 Å². The van der Waals surface area contributed by atoms with Gasteiger partial charge in [-0.05, 0) is 43.9 Å². The first-order valence-corrected chi connectivity index (χ1v) is 8.75. The Morgan fingerprint density at radius 2 is 2.08 bits per heavy atom. The van der Waals surface area contributed by atoms with Crippen LogP contribution in [-0.4, -0.2) is 18.7 Å². The van der Waals surface area contributed by atoms with Crippen molar-refractivity contribution in [1.82, 2.24) is 0 Å². The molecule has 3 nitrogen and oxygen atoms in total. The van der Waals surface area contributed by atoms with Crippen molar-refractivity contribution >= 4 is 17.6 Å². The van der Waals surface area contributed by atoms with E-state index in [0.29, 0.717) is 17.2 Å². The number of hydrogen-bond donors (Lipinski definition) is 0. The molecule has 0 radical (unpaired) electrons. The number of rotatable bonds is 6. The van der Waals surface area contributed by atoms with Crippen LogP contribution < -0.4 is 4.74 Å². The third-order valence-electron chi connectivity index (χ3n) is 4.20. The van der Waals surface area contributed by atoms with Crippen LogP contribution in [0.1, 0.15) is 41.3 Å². The molecule has 1 aliphatic heterocycles. The Labute approximate surface area is 147 Å². The van der Waals surface area contributed by atoms with E-state index >= 15 is 0 Å². The molecule has 2 aromatic carbocycles. The lowest BCUT2D eigenvalue weighted by Gasteiger charge is -2.11. The predicted molar refractivity (Wildman–Crippen MR) is 94.9 cm³/mol. The summed E-state index contributed by atoms with van der Waals surface area (Å²) in [6, 6.07) is 13.9. The van der Waals surface area contributed by atoms with Gasteiger partial charge in [-0.1, -0.05) is 41.9 Å². The molecule has 0 amide bonds. The molecule has 0 bridgehead atoms. The van der Waals surface area contributed by atoms with Gasteiger partial charge in [0.2, 0.25) is 0 Å². The van der Waals surface area contributed by atoms with Crippen molar-refractivity contribution < 1.29 is 14.3 Å². The molecule has 1 heterocycles. The SMILES string of the molecule is CCOC(=O)c1cc(Cl)c2c(c1)CC(CCCc1ccccc1)O2. The zero-order valence-corrected chi connectivity index (χ0v) is 14.5. The molecule has 0 aromatic heterocycles. The smallest absolute Gasteiger partial charge is 0.338 e. The highest BCUT2D eigenvalue weighted by Crippen LogP contribution is 2.38. The van der Waals surface area contributed by atoms with Crippen LogP contribution in [0, 0.1) is 0 Å². The van der Waals surface area contributed by atoms with Gasteiger partial charge in [-0.3, -0.25) is 0 Å². The second-order valence-electron chi connectivity index (χ2n) is 5.99. The fourth-order valence-electron chi connectivity index (χ4n) is 3.06. The van der Waals surface area contributed by atoms with Gasteiger partial charge in [0.15, 0.2) is 0 Å². The molecule has 0 aliphatic carbocycles. The zero-order valence-electron chi connectivity index (χ0n) is 13.8. The van der Waals surface area contributed by atoms with E-state index in [4.69, 9.17) is 21.1 Å². The number of carbonyl (C=O) groups excluding carboxylic acids is 1. The molecule has 126 valence electrons. The fourth-order valence-corrected chi connectivity index (χ4v) is 3.34. The monoisotopic (exact) mass is 344 g/mol. The van der Waals surface area contributed by atoms with Gasteiger partial charge in [0, 0.05) is 12.0 Å². The van der Waals surface area contributed by atoms with Crippen LogP contribution in [0.4, 0.5) is 0 Å². The molecule has 2 aromatic rings. The van der Waals surface area contributed by atoms with Crippen molar-refractivity contribution in [2.24, 2.45) is 0 Å². The van der Waals surface area contributed by atoms with Gasteiger partial charge < -0.3 is 9.47 Å². The largest absolute Gasteiger partial charge is 0.488 e. The maximum absolute atomic E-state index is 11.9. The number of halogens is 1. The molecule has 0 saturated carbocycles. The summed E-state index contributed by atoms with van der Waals surface area (Å²) in [4.78, 5) is 11.9. The summed E-state index contributed by atoms with van der Waals surface area (Å²) in [5, 5.41) is 0.487. The Morgan fingerprint density at radius 1 is 1.29 bits per heavy atom. The van der Waals surface area contributed by atoms with E-state index in [1.54, 1.807) is 13.0 Å². The van der Waals surface area contributed by atoms with Crippen molar-refractivity contribution in [2.75, 3.05) is 6.61 Å². The third kappa shape index (κ3) is 3.90. The molecular formula is C20H21ClO3. The Balaban J connectivity index is 1.60. The van der Waals surface area contributed by atoms with Gasteiger partial charge in [0.25, 0.3) is 0 Å². The number of hydrogen-bond acceptors (Lipinski definition) is 3. The minimum Gasteiger partial charge on any atom is -0.488 e. The van der Waals surface area contributed by atoms with E-state index in [9.17, 15) is 4.79 Å². The number of benzene rings is 2. The van der Waals surface area contributed by atoms with Gasteiger partial charge in [0.1, 0.15) is 11.9 Å². The van der Waals surface area contributed by atoms with E-state index in [1.807, 2.05) is 12.1 Å². The van der Waals surface area contributed by atoms with Gasteiger partial charge in [0.05, 0.1) is 17.2 Å². The number of carbonyl (C=O) groups is 1. The van der Waals surface area contributed by atoms with Crippen molar-refractivity contribution in [3.05, 3.63) is 64.2 Å². The lowest BCUT2D eigenvalue weighted by atomic mass is 10.0. The second-order valence-corrected chi connectivity index (χ2v) is 6.40. The maximum atomic E-state index is 11.9. The van der Waals surface area contributed by atoms with Crippen LogP contribution in [0.5, 0.6) is 5.75 Å². The van der Waals surface area contributed by atoms with Crippen molar-refractivity contribution in [1.29, 1.82) is 0 Å². The Hall–Kier alpha value is -2.00. The van der Waals surface area contributed by atoms with Crippen molar-refractivity contribution in [2.45, 2.75) is 38.7 Å². The highest BCUT2D eigenvalue weighted by atomic mass is 35.5. The van der Waals surface area contributed by atoms with Gasteiger partial charge >= 0.3 is 5.97 Å². The molecule has 0 N–H and O–H groups in total. The first-order valence-electron chi connectivity index (χ1n) is 8.37. The van der Waals surface area contributed by atoms with E-state index in [0.717, 1.165) is 37.0 Å². The first-order chi connectivity index (χ1) is 11.7. The topological polar surface area (TPSA) is 35.5 Å². The minimum absolute atomic E-state index is 0.124. The van der Waals surface area contributed by atoms with Gasteiger partial charge in [-0.25, -0.2) is 4.79 Å². The third-order valence-corrected chi connectivity index (χ3v) is 4.48. The molecule has 1 atom stereocenters. The number of fused-ring (bicyclic) bond motifs is 1. The first kappa shape index (κ1) is 16.8. The quantitative estimate of drug-likeness (QED) is 0.703. The molecule has 0 saturated heterocycles. The van der Waals surface area contributed by atoms with Crippen LogP contribution in [0.2, 0.25) is 5.02 Å². The molecule has 4 heteroatoms. The highest BCUT2D eigenvalue weighted by Gasteiger charge is 2.26. The lowest BCUT2D eigenvalue weighted by Crippen LogP contribution is -2.12. The average molecular weight is 345 g/mol. The zero-order chi connectivity index (χ0) is 16.9. The number of esters is 1. The Bertz CT molecular complexity index is 712. The van der Waals surface area contributed by atoms with Crippen LogP contribution in [0.25, 0.3) is 0 Å². The van der Waals surface area contributed by atoms with E-state index < -0.39 is 0 Å². The molecule has 24 heavy (non-hydrogen) atoms. The van der Waals surface area contributed by atoms with Gasteiger partial charge in [-0.2, -0.15) is 0 Å². The molecule has 3 rings (SSSR count). The van der Waals surface area contributed by atoms with E-state index in [-0.39, 0.29) is 12.1 Å². The van der Waals surface area contributed by atoms with Crippen LogP contribution >= 0.6 is 11.6 Å². The Morgan fingerprint density at radius 3 is 2.83 bits per heavy atom. The highest BCUT2D eigenvalue weighted by molar-refractivity contribution is 6.32. The standard InChI is InChI=1S/C20H21ClO3/c1-2-23-20(22)16-11-15-12-17(24-19(15)18(21)13-16)10-6-9-14-7-4-3-5-8-14/h3-5,7-8,11,13,17H,2,6,9-10,12H2,1H3. The van der Waals surface area contributed by atoms with Crippen LogP contribution in [0.3, 0.4) is 0 Å². The maximum Gasteiger partial charge on any atom is 0.338 e. The number of aryl methyl sites for hydroxylation is 1. The van der Waals surface area contributed by atoms with Crippen molar-refractivity contribution in [3.8, 4) is 5.75 Å². The normalized spacial score (nSPS) is 15.7. The van der Waals surface area contributed by atoms with Crippen LogP contribution in [-0.2, 0) is 17.6 Å². The second kappa shape index (κ2) is 7.71. The summed E-state index contributed by atoms with van der Waals surface area (Å²) in [6.45, 7) is 2.14.